The van der Waals surface area contributed by atoms with Crippen molar-refractivity contribution in [2.75, 3.05) is 13.1 Å². The van der Waals surface area contributed by atoms with E-state index >= 15 is 0 Å². The van der Waals surface area contributed by atoms with Crippen LogP contribution in [0.1, 0.15) is 29.4 Å². The van der Waals surface area contributed by atoms with Gasteiger partial charge in [-0.25, -0.2) is 4.79 Å². The Labute approximate surface area is 140 Å². The van der Waals surface area contributed by atoms with Gasteiger partial charge < -0.3 is 10.0 Å². The summed E-state index contributed by atoms with van der Waals surface area (Å²) >= 11 is 0. The zero-order valence-electron chi connectivity index (χ0n) is 13.5. The normalized spacial score (nSPS) is 17.0. The number of carbonyl (C=O) groups is 2. The van der Waals surface area contributed by atoms with Gasteiger partial charge in [-0.3, -0.25) is 14.8 Å². The predicted molar refractivity (Wildman–Crippen MR) is 88.5 cm³/mol. The van der Waals surface area contributed by atoms with Crippen LogP contribution < -0.4 is 0 Å². The molecule has 124 valence electrons. The van der Waals surface area contributed by atoms with Gasteiger partial charge >= 0.3 is 5.97 Å². The molecule has 1 aromatic heterocycles. The highest BCUT2D eigenvalue weighted by Gasteiger charge is 2.25. The van der Waals surface area contributed by atoms with Gasteiger partial charge in [0.25, 0.3) is 0 Å². The molecule has 1 aliphatic rings. The number of rotatable bonds is 4. The summed E-state index contributed by atoms with van der Waals surface area (Å²) in [4.78, 5) is 33.4. The quantitative estimate of drug-likeness (QED) is 0.932. The van der Waals surface area contributed by atoms with Crippen molar-refractivity contribution in [1.29, 1.82) is 0 Å². The van der Waals surface area contributed by atoms with Gasteiger partial charge in [0.15, 0.2) is 0 Å². The zero-order chi connectivity index (χ0) is 17.1. The van der Waals surface area contributed by atoms with Gasteiger partial charge in [-0.05, 0) is 30.9 Å². The number of aromatic carboxylic acids is 1. The molecule has 3 rings (SSSR count). The highest BCUT2D eigenvalue weighted by molar-refractivity contribution is 5.89. The monoisotopic (exact) mass is 325 g/mol. The minimum atomic E-state index is -0.963. The van der Waals surface area contributed by atoms with Crippen LogP contribution in [0, 0.1) is 5.92 Å². The molecule has 0 unspecified atom stereocenters. The second kappa shape index (κ2) is 6.78. The molecule has 0 bridgehead atoms. The fourth-order valence-electron chi connectivity index (χ4n) is 3.12. The number of nitrogens with zero attached hydrogens (tertiary/aromatic N) is 3. The maximum atomic E-state index is 11.5. The summed E-state index contributed by atoms with van der Waals surface area (Å²) in [6, 6.07) is 6.73. The first-order chi connectivity index (χ1) is 11.5. The molecule has 1 aliphatic heterocycles. The Hall–Kier alpha value is -2.76. The van der Waals surface area contributed by atoms with E-state index in [0.29, 0.717) is 11.6 Å². The number of hydrogen-bond donors (Lipinski definition) is 1. The maximum absolute atomic E-state index is 11.5. The van der Waals surface area contributed by atoms with Gasteiger partial charge in [0, 0.05) is 38.0 Å². The summed E-state index contributed by atoms with van der Waals surface area (Å²) in [6.45, 7) is 3.11. The maximum Gasteiger partial charge on any atom is 0.335 e. The molecule has 0 spiro atoms. The van der Waals surface area contributed by atoms with Crippen molar-refractivity contribution < 1.29 is 14.7 Å². The van der Waals surface area contributed by atoms with E-state index in [1.807, 2.05) is 11.0 Å². The second-order valence-electron chi connectivity index (χ2n) is 6.06. The zero-order valence-corrected chi connectivity index (χ0v) is 13.5. The molecule has 0 radical (unpaired) electrons. The Morgan fingerprint density at radius 1 is 1.29 bits per heavy atom. The largest absolute Gasteiger partial charge is 0.478 e. The number of aromatic nitrogens is 2. The molecule has 2 heterocycles. The smallest absolute Gasteiger partial charge is 0.335 e. The average molecular weight is 325 g/mol. The van der Waals surface area contributed by atoms with Crippen LogP contribution in [0.5, 0.6) is 0 Å². The fraction of sp³-hybridized carbons (Fsp3) is 0.333. The van der Waals surface area contributed by atoms with Crippen LogP contribution in [0.3, 0.4) is 0 Å². The summed E-state index contributed by atoms with van der Waals surface area (Å²) in [5, 5.41) is 9.16. The summed E-state index contributed by atoms with van der Waals surface area (Å²) in [6.07, 6.45) is 4.94. The molecule has 1 fully saturated rings. The lowest BCUT2D eigenvalue weighted by atomic mass is 9.98. The lowest BCUT2D eigenvalue weighted by Crippen LogP contribution is -2.26. The van der Waals surface area contributed by atoms with Crippen LogP contribution in [0.15, 0.2) is 36.7 Å². The van der Waals surface area contributed by atoms with Crippen molar-refractivity contribution in [1.82, 2.24) is 14.9 Å². The molecule has 1 aromatic carbocycles. The first-order valence-corrected chi connectivity index (χ1v) is 7.93. The first kappa shape index (κ1) is 16.1. The van der Waals surface area contributed by atoms with Crippen LogP contribution in [-0.2, 0) is 11.2 Å². The Bertz CT molecular complexity index is 776. The summed E-state index contributed by atoms with van der Waals surface area (Å²) in [5.41, 5.74) is 2.53. The molecule has 1 N–H and O–H groups in total. The van der Waals surface area contributed by atoms with E-state index in [9.17, 15) is 9.59 Å². The Morgan fingerprint density at radius 2 is 2.08 bits per heavy atom. The topological polar surface area (TPSA) is 83.4 Å². The Kier molecular flexibility index (Phi) is 4.55. The second-order valence-corrected chi connectivity index (χ2v) is 6.06. The summed E-state index contributed by atoms with van der Waals surface area (Å²) in [5.74, 6) is -0.506. The number of carbonyl (C=O) groups excluding carboxylic acids is 1. The van der Waals surface area contributed by atoms with Crippen LogP contribution in [0.2, 0.25) is 0 Å². The first-order valence-electron chi connectivity index (χ1n) is 7.93. The van der Waals surface area contributed by atoms with E-state index < -0.39 is 5.97 Å². The van der Waals surface area contributed by atoms with Crippen molar-refractivity contribution in [3.8, 4) is 11.3 Å². The van der Waals surface area contributed by atoms with Crippen LogP contribution in [-0.4, -0.2) is 44.9 Å². The molecule has 1 amide bonds. The molecule has 0 saturated carbocycles. The molecule has 24 heavy (non-hydrogen) atoms. The van der Waals surface area contributed by atoms with Gasteiger partial charge in [-0.2, -0.15) is 0 Å². The van der Waals surface area contributed by atoms with Crippen molar-refractivity contribution in [2.45, 2.75) is 19.8 Å². The molecule has 6 heteroatoms. The van der Waals surface area contributed by atoms with E-state index in [1.165, 1.54) is 0 Å². The molecule has 2 aromatic rings. The molecule has 6 nitrogen and oxygen atoms in total. The minimum Gasteiger partial charge on any atom is -0.478 e. The van der Waals surface area contributed by atoms with Gasteiger partial charge in [0.2, 0.25) is 5.91 Å². The number of carboxylic acids is 1. The number of amides is 1. The molecular formula is C18H19N3O3. The van der Waals surface area contributed by atoms with Gasteiger partial charge in [0.1, 0.15) is 0 Å². The number of carboxylic acid groups (broad SMARTS) is 1. The van der Waals surface area contributed by atoms with Gasteiger partial charge in [0.05, 0.1) is 17.0 Å². The van der Waals surface area contributed by atoms with Crippen LogP contribution in [0.4, 0.5) is 0 Å². The Morgan fingerprint density at radius 3 is 2.79 bits per heavy atom. The van der Waals surface area contributed by atoms with Crippen molar-refractivity contribution >= 4 is 11.9 Å². The number of hydrogen-bond acceptors (Lipinski definition) is 4. The van der Waals surface area contributed by atoms with Crippen LogP contribution >= 0.6 is 0 Å². The van der Waals surface area contributed by atoms with E-state index in [0.717, 1.165) is 37.2 Å². The van der Waals surface area contributed by atoms with Gasteiger partial charge in [-0.1, -0.05) is 12.1 Å². The highest BCUT2D eigenvalue weighted by Crippen LogP contribution is 2.26. The summed E-state index contributed by atoms with van der Waals surface area (Å²) < 4.78 is 0. The van der Waals surface area contributed by atoms with Crippen LogP contribution in [0.25, 0.3) is 11.3 Å². The Balaban J connectivity index is 1.85. The third-order valence-corrected chi connectivity index (χ3v) is 4.37. The third kappa shape index (κ3) is 3.42. The fourth-order valence-corrected chi connectivity index (χ4v) is 3.12. The standard InChI is InChI=1S/C18H19N3O3/c1-12(22)21-8-5-13(11-21)9-16-17(20-7-6-19-16)14-3-2-4-15(10-14)18(23)24/h2-4,6-7,10,13H,5,8-9,11H2,1H3,(H,23,24)/t13-/m0/s1. The number of likely N-dealkylation sites (tertiary alicyclic amines) is 1. The van der Waals surface area contributed by atoms with Crippen molar-refractivity contribution in [3.63, 3.8) is 0 Å². The molecule has 1 saturated heterocycles. The minimum absolute atomic E-state index is 0.103. The highest BCUT2D eigenvalue weighted by atomic mass is 16.4. The SMILES string of the molecule is CC(=O)N1CC[C@@H](Cc2nccnc2-c2cccc(C(=O)O)c2)C1. The molecule has 0 aliphatic carbocycles. The van der Waals surface area contributed by atoms with E-state index in [-0.39, 0.29) is 11.5 Å². The molecular weight excluding hydrogens is 306 g/mol. The summed E-state index contributed by atoms with van der Waals surface area (Å²) in [7, 11) is 0. The molecule has 1 atom stereocenters. The number of benzene rings is 1. The average Bonchev–Trinajstić information content (AvgIpc) is 3.04. The lowest BCUT2D eigenvalue weighted by Gasteiger charge is -2.15. The lowest BCUT2D eigenvalue weighted by molar-refractivity contribution is -0.127. The third-order valence-electron chi connectivity index (χ3n) is 4.37. The van der Waals surface area contributed by atoms with Gasteiger partial charge in [-0.15, -0.1) is 0 Å². The predicted octanol–water partition coefficient (Wildman–Crippen LogP) is 2.25. The van der Waals surface area contributed by atoms with Crippen molar-refractivity contribution in [3.05, 3.63) is 47.9 Å². The van der Waals surface area contributed by atoms with E-state index in [1.54, 1.807) is 37.5 Å². The van der Waals surface area contributed by atoms with Crippen molar-refractivity contribution in [2.24, 2.45) is 5.92 Å². The van der Waals surface area contributed by atoms with E-state index in [4.69, 9.17) is 5.11 Å². The van der Waals surface area contributed by atoms with E-state index in [2.05, 4.69) is 9.97 Å².